The van der Waals surface area contributed by atoms with Gasteiger partial charge in [0.15, 0.2) is 6.10 Å². The van der Waals surface area contributed by atoms with Crippen LogP contribution in [-0.2, 0) is 33.7 Å². The van der Waals surface area contributed by atoms with Gasteiger partial charge >= 0.3 is 5.97 Å². The van der Waals surface area contributed by atoms with E-state index in [1.165, 1.54) is 0 Å². The van der Waals surface area contributed by atoms with Crippen LogP contribution in [0, 0.1) is 19.8 Å². The van der Waals surface area contributed by atoms with Crippen LogP contribution in [0.1, 0.15) is 49.7 Å². The van der Waals surface area contributed by atoms with E-state index in [1.807, 2.05) is 42.8 Å². The molecule has 1 atom stereocenters. The van der Waals surface area contributed by atoms with Gasteiger partial charge in [-0.25, -0.2) is 0 Å². The molecule has 0 saturated carbocycles. The zero-order chi connectivity index (χ0) is 21.1. The maximum Gasteiger partial charge on any atom is 0.311 e. The molecular formula is C23H31N3O3. The maximum absolute atomic E-state index is 12.9. The van der Waals surface area contributed by atoms with E-state index in [4.69, 9.17) is 4.74 Å². The number of aryl methyl sites for hydroxylation is 2. The van der Waals surface area contributed by atoms with Crippen LogP contribution in [0.25, 0.3) is 0 Å². The van der Waals surface area contributed by atoms with Gasteiger partial charge in [-0.15, -0.1) is 0 Å². The third kappa shape index (κ3) is 4.69. The molecule has 0 aliphatic carbocycles. The number of esters is 1. The number of nitrogens with zero attached hydrogens (tertiary/aromatic N) is 3. The largest absolute Gasteiger partial charge is 0.452 e. The van der Waals surface area contributed by atoms with Crippen molar-refractivity contribution in [2.24, 2.45) is 5.92 Å². The first kappa shape index (κ1) is 21.1. The lowest BCUT2D eigenvalue weighted by Gasteiger charge is -2.31. The van der Waals surface area contributed by atoms with Crippen LogP contribution >= 0.6 is 0 Å². The van der Waals surface area contributed by atoms with Crippen LogP contribution in [0.3, 0.4) is 0 Å². The Bertz CT molecular complexity index is 901. The van der Waals surface area contributed by atoms with Crippen LogP contribution in [0.5, 0.6) is 0 Å². The molecule has 0 radical (unpaired) electrons. The Morgan fingerprint density at radius 3 is 2.62 bits per heavy atom. The van der Waals surface area contributed by atoms with Gasteiger partial charge in [0.2, 0.25) is 0 Å². The third-order valence-electron chi connectivity index (χ3n) is 5.42. The van der Waals surface area contributed by atoms with Crippen LogP contribution in [0.15, 0.2) is 24.3 Å². The predicted octanol–water partition coefficient (Wildman–Crippen LogP) is 3.61. The molecular weight excluding hydrogens is 366 g/mol. The normalized spacial score (nSPS) is 14.6. The summed E-state index contributed by atoms with van der Waals surface area (Å²) in [5, 5.41) is 4.55. The fourth-order valence-electron chi connectivity index (χ4n) is 3.93. The summed E-state index contributed by atoms with van der Waals surface area (Å²) in [4.78, 5) is 27.2. The summed E-state index contributed by atoms with van der Waals surface area (Å²) < 4.78 is 7.46. The van der Waals surface area contributed by atoms with E-state index in [-0.39, 0.29) is 12.3 Å². The highest BCUT2D eigenvalue weighted by atomic mass is 16.5. The standard InChI is InChI=1S/C23H31N3O3/c1-15(2)14-26-17(4)20(16(3)24-26)13-22(27)29-18(5)23(28)25-12-8-10-19-9-6-7-11-21(19)25/h6-7,9,11,15,18H,8,10,12-14H2,1-5H3. The first-order valence-electron chi connectivity index (χ1n) is 10.4. The number of hydrogen-bond donors (Lipinski definition) is 0. The quantitative estimate of drug-likeness (QED) is 0.699. The molecule has 0 fully saturated rings. The fraction of sp³-hybridized carbons (Fsp3) is 0.522. The van der Waals surface area contributed by atoms with E-state index < -0.39 is 12.1 Å². The zero-order valence-corrected chi connectivity index (χ0v) is 18.1. The number of fused-ring (bicyclic) bond motifs is 1. The molecule has 29 heavy (non-hydrogen) atoms. The molecule has 2 heterocycles. The van der Waals surface area contributed by atoms with E-state index in [0.717, 1.165) is 47.6 Å². The lowest BCUT2D eigenvalue weighted by atomic mass is 10.0. The molecule has 1 aliphatic rings. The smallest absolute Gasteiger partial charge is 0.311 e. The molecule has 6 nitrogen and oxygen atoms in total. The Morgan fingerprint density at radius 2 is 1.90 bits per heavy atom. The second-order valence-electron chi connectivity index (χ2n) is 8.26. The third-order valence-corrected chi connectivity index (χ3v) is 5.42. The van der Waals surface area contributed by atoms with Gasteiger partial charge in [0, 0.05) is 30.0 Å². The maximum atomic E-state index is 12.9. The Morgan fingerprint density at radius 1 is 1.17 bits per heavy atom. The molecule has 1 aromatic carbocycles. The van der Waals surface area contributed by atoms with Crippen molar-refractivity contribution in [1.82, 2.24) is 9.78 Å². The number of benzene rings is 1. The van der Waals surface area contributed by atoms with E-state index >= 15 is 0 Å². The van der Waals surface area contributed by atoms with Gasteiger partial charge in [0.25, 0.3) is 5.91 Å². The van der Waals surface area contributed by atoms with Gasteiger partial charge in [-0.3, -0.25) is 14.3 Å². The highest BCUT2D eigenvalue weighted by Gasteiger charge is 2.28. The van der Waals surface area contributed by atoms with Gasteiger partial charge in [-0.1, -0.05) is 32.0 Å². The average Bonchev–Trinajstić information content (AvgIpc) is 2.93. The molecule has 156 valence electrons. The lowest BCUT2D eigenvalue weighted by molar-refractivity contribution is -0.153. The second kappa shape index (κ2) is 8.80. The molecule has 0 spiro atoms. The SMILES string of the molecule is Cc1nn(CC(C)C)c(C)c1CC(=O)OC(C)C(=O)N1CCCc2ccccc21. The number of carbonyl (C=O) groups is 2. The van der Waals surface area contributed by atoms with Crippen molar-refractivity contribution in [3.05, 3.63) is 46.8 Å². The van der Waals surface area contributed by atoms with Crippen molar-refractivity contribution < 1.29 is 14.3 Å². The molecule has 0 saturated heterocycles. The number of amides is 1. The predicted molar refractivity (Wildman–Crippen MR) is 113 cm³/mol. The van der Waals surface area contributed by atoms with Crippen LogP contribution in [-0.4, -0.2) is 34.3 Å². The monoisotopic (exact) mass is 397 g/mol. The van der Waals surface area contributed by atoms with E-state index in [0.29, 0.717) is 12.5 Å². The summed E-state index contributed by atoms with van der Waals surface area (Å²) >= 11 is 0. The Kier molecular flexibility index (Phi) is 6.40. The van der Waals surface area contributed by atoms with E-state index in [2.05, 4.69) is 18.9 Å². The number of carbonyl (C=O) groups excluding carboxylic acids is 2. The molecule has 1 aliphatic heterocycles. The molecule has 1 aromatic heterocycles. The summed E-state index contributed by atoms with van der Waals surface area (Å²) in [7, 11) is 0. The van der Waals surface area contributed by atoms with Crippen molar-refractivity contribution in [2.45, 2.75) is 66.5 Å². The van der Waals surface area contributed by atoms with Gasteiger partial charge in [0.1, 0.15) is 0 Å². The molecule has 3 rings (SSSR count). The van der Waals surface area contributed by atoms with Gasteiger partial charge < -0.3 is 9.64 Å². The van der Waals surface area contributed by atoms with Crippen molar-refractivity contribution in [1.29, 1.82) is 0 Å². The van der Waals surface area contributed by atoms with Gasteiger partial charge in [-0.05, 0) is 51.2 Å². The number of anilines is 1. The molecule has 0 N–H and O–H groups in total. The van der Waals surface area contributed by atoms with Crippen LogP contribution in [0.4, 0.5) is 5.69 Å². The zero-order valence-electron chi connectivity index (χ0n) is 18.1. The Hall–Kier alpha value is -2.63. The molecule has 0 bridgehead atoms. The Balaban J connectivity index is 1.66. The number of para-hydroxylation sites is 1. The van der Waals surface area contributed by atoms with Gasteiger partial charge in [-0.2, -0.15) is 5.10 Å². The summed E-state index contributed by atoms with van der Waals surface area (Å²) in [5.74, 6) is -0.0984. The topological polar surface area (TPSA) is 64.4 Å². The Labute approximate surface area is 172 Å². The highest BCUT2D eigenvalue weighted by Crippen LogP contribution is 2.27. The molecule has 1 unspecified atom stereocenters. The minimum Gasteiger partial charge on any atom is -0.452 e. The first-order chi connectivity index (χ1) is 13.8. The highest BCUT2D eigenvalue weighted by molar-refractivity contribution is 5.98. The summed E-state index contributed by atoms with van der Waals surface area (Å²) in [6.45, 7) is 11.3. The first-order valence-corrected chi connectivity index (χ1v) is 10.4. The minimum absolute atomic E-state index is 0.129. The molecule has 2 aromatic rings. The van der Waals surface area contributed by atoms with E-state index in [9.17, 15) is 9.59 Å². The van der Waals surface area contributed by atoms with Crippen molar-refractivity contribution in [3.8, 4) is 0 Å². The van der Waals surface area contributed by atoms with Crippen LogP contribution in [0.2, 0.25) is 0 Å². The summed E-state index contributed by atoms with van der Waals surface area (Å²) in [6.07, 6.45) is 1.19. The lowest BCUT2D eigenvalue weighted by Crippen LogP contribution is -2.43. The molecule has 6 heteroatoms. The van der Waals surface area contributed by atoms with Gasteiger partial charge in [0.05, 0.1) is 12.1 Å². The minimum atomic E-state index is -0.819. The van der Waals surface area contributed by atoms with Crippen molar-refractivity contribution in [2.75, 3.05) is 11.4 Å². The number of hydrogen-bond acceptors (Lipinski definition) is 4. The summed E-state index contributed by atoms with van der Waals surface area (Å²) in [6, 6.07) is 7.92. The van der Waals surface area contributed by atoms with Crippen molar-refractivity contribution in [3.63, 3.8) is 0 Å². The number of aromatic nitrogens is 2. The number of ether oxygens (including phenoxy) is 1. The second-order valence-corrected chi connectivity index (χ2v) is 8.26. The van der Waals surface area contributed by atoms with E-state index in [1.54, 1.807) is 11.8 Å². The fourth-order valence-corrected chi connectivity index (χ4v) is 3.93. The summed E-state index contributed by atoms with van der Waals surface area (Å²) in [5.41, 5.74) is 4.79. The molecule has 1 amide bonds. The van der Waals surface area contributed by atoms with Crippen molar-refractivity contribution >= 4 is 17.6 Å². The average molecular weight is 398 g/mol. The number of rotatable bonds is 6. The van der Waals surface area contributed by atoms with Crippen LogP contribution < -0.4 is 4.90 Å².